The summed E-state index contributed by atoms with van der Waals surface area (Å²) in [4.78, 5) is 2.34. The Morgan fingerprint density at radius 1 is 0.667 bits per heavy atom. The predicted octanol–water partition coefficient (Wildman–Crippen LogP) is 10.4. The van der Waals surface area contributed by atoms with E-state index in [9.17, 15) is 0 Å². The van der Waals surface area contributed by atoms with Gasteiger partial charge in [0, 0.05) is 34.7 Å². The molecule has 1 heterocycles. The van der Waals surface area contributed by atoms with E-state index in [1.807, 2.05) is 48.6 Å². The lowest BCUT2D eigenvalue weighted by Crippen LogP contribution is -2.18. The topological polar surface area (TPSA) is 34.0 Å². The van der Waals surface area contributed by atoms with Crippen molar-refractivity contribution in [1.82, 2.24) is 14.8 Å². The zero-order chi connectivity index (χ0) is 31.2. The highest BCUT2D eigenvalue weighted by Gasteiger charge is 2.19. The lowest BCUT2D eigenvalue weighted by Gasteiger charge is -2.28. The first-order valence-corrected chi connectivity index (χ1v) is 15.5. The molecule has 0 saturated heterocycles. The van der Waals surface area contributed by atoms with Crippen molar-refractivity contribution in [2.24, 2.45) is 0 Å². The average molecular weight is 587 g/mol. The summed E-state index contributed by atoms with van der Waals surface area (Å²) in [5.74, 6) is 1.96. The van der Waals surface area contributed by atoms with E-state index in [1.165, 1.54) is 27.9 Å². The highest BCUT2D eigenvalue weighted by molar-refractivity contribution is 5.77. The number of para-hydroxylation sites is 2. The molecule has 1 aromatic heterocycles. The summed E-state index contributed by atoms with van der Waals surface area (Å²) in [6.07, 6.45) is 4.74. The van der Waals surface area contributed by atoms with Crippen LogP contribution in [0.2, 0.25) is 0 Å². The van der Waals surface area contributed by atoms with Crippen molar-refractivity contribution in [3.8, 4) is 39.6 Å². The number of anilines is 2. The molecular formula is C41H38N4. The lowest BCUT2D eigenvalue weighted by molar-refractivity contribution is 0.867. The Morgan fingerprint density at radius 3 is 1.91 bits per heavy atom. The smallest absolute Gasteiger partial charge is 0.168 e. The second-order valence-corrected chi connectivity index (χ2v) is 11.4. The SMILES string of the molecule is C=CCc1ccccc1N(CC=C)c1ccc(-c2ccc(-c3nnc(-c4ccccc4)n3-c3ccccc3)cc2)c(C(C)C)c1. The molecule has 5 aromatic carbocycles. The van der Waals surface area contributed by atoms with Crippen LogP contribution in [0.15, 0.2) is 153 Å². The third-order valence-electron chi connectivity index (χ3n) is 8.09. The molecule has 0 bridgehead atoms. The maximum atomic E-state index is 4.68. The van der Waals surface area contributed by atoms with E-state index in [1.54, 1.807) is 0 Å². The fourth-order valence-corrected chi connectivity index (χ4v) is 5.90. The monoisotopic (exact) mass is 586 g/mol. The van der Waals surface area contributed by atoms with Gasteiger partial charge in [0.2, 0.25) is 0 Å². The summed E-state index contributed by atoms with van der Waals surface area (Å²) in [6.45, 7) is 13.3. The molecule has 0 saturated carbocycles. The standard InChI is InChI=1S/C41H38N4/c1-5-15-32-16-13-14-21-39(32)44(28-6-2)36-26-27-37(38(29-36)30(3)4)31-22-24-34(25-23-31)41-43-42-40(33-17-9-7-10-18-33)45(41)35-19-11-8-12-20-35/h5-14,16-27,29-30H,1-2,15,28H2,3-4H3. The van der Waals surface area contributed by atoms with Gasteiger partial charge in [-0.15, -0.1) is 23.4 Å². The van der Waals surface area contributed by atoms with Crippen molar-refractivity contribution < 1.29 is 0 Å². The largest absolute Gasteiger partial charge is 0.337 e. The summed E-state index contributed by atoms with van der Waals surface area (Å²) in [5.41, 5.74) is 10.3. The average Bonchev–Trinajstić information content (AvgIpc) is 3.54. The predicted molar refractivity (Wildman–Crippen MR) is 189 cm³/mol. The first-order valence-electron chi connectivity index (χ1n) is 15.5. The fraction of sp³-hybridized carbons (Fsp3) is 0.122. The molecule has 0 radical (unpaired) electrons. The first-order chi connectivity index (χ1) is 22.1. The third kappa shape index (κ3) is 6.13. The highest BCUT2D eigenvalue weighted by Crippen LogP contribution is 2.37. The summed E-state index contributed by atoms with van der Waals surface area (Å²) < 4.78 is 2.14. The maximum absolute atomic E-state index is 4.68. The zero-order valence-electron chi connectivity index (χ0n) is 26.0. The van der Waals surface area contributed by atoms with Gasteiger partial charge in [-0.1, -0.05) is 123 Å². The van der Waals surface area contributed by atoms with E-state index in [0.29, 0.717) is 12.5 Å². The maximum Gasteiger partial charge on any atom is 0.168 e. The highest BCUT2D eigenvalue weighted by atomic mass is 15.3. The van der Waals surface area contributed by atoms with Crippen LogP contribution in [-0.4, -0.2) is 21.3 Å². The molecule has 0 aliphatic rings. The lowest BCUT2D eigenvalue weighted by atomic mass is 9.91. The summed E-state index contributed by atoms with van der Waals surface area (Å²) in [5, 5.41) is 9.31. The molecule has 0 atom stereocenters. The molecule has 0 aliphatic heterocycles. The van der Waals surface area contributed by atoms with Gasteiger partial charge in [0.1, 0.15) is 0 Å². The van der Waals surface area contributed by atoms with E-state index < -0.39 is 0 Å². The Balaban J connectivity index is 1.39. The van der Waals surface area contributed by atoms with Gasteiger partial charge in [-0.25, -0.2) is 0 Å². The molecule has 4 nitrogen and oxygen atoms in total. The van der Waals surface area contributed by atoms with Crippen LogP contribution < -0.4 is 4.90 Å². The number of rotatable bonds is 11. The Bertz CT molecular complexity index is 1900. The van der Waals surface area contributed by atoms with Gasteiger partial charge in [-0.2, -0.15) is 0 Å². The summed E-state index contributed by atoms with van der Waals surface area (Å²) in [7, 11) is 0. The van der Waals surface area contributed by atoms with Crippen LogP contribution >= 0.6 is 0 Å². The van der Waals surface area contributed by atoms with Crippen molar-refractivity contribution in [3.05, 3.63) is 164 Å². The third-order valence-corrected chi connectivity index (χ3v) is 8.09. The molecule has 4 heteroatoms. The van der Waals surface area contributed by atoms with Crippen LogP contribution in [0.5, 0.6) is 0 Å². The van der Waals surface area contributed by atoms with E-state index in [4.69, 9.17) is 0 Å². The van der Waals surface area contributed by atoms with E-state index in [-0.39, 0.29) is 0 Å². The van der Waals surface area contributed by atoms with Crippen LogP contribution in [-0.2, 0) is 6.42 Å². The number of hydrogen-bond acceptors (Lipinski definition) is 3. The summed E-state index contributed by atoms with van der Waals surface area (Å²) >= 11 is 0. The number of hydrogen-bond donors (Lipinski definition) is 0. The van der Waals surface area contributed by atoms with Crippen molar-refractivity contribution in [3.63, 3.8) is 0 Å². The van der Waals surface area contributed by atoms with Crippen LogP contribution in [0.25, 0.3) is 39.6 Å². The number of allylic oxidation sites excluding steroid dienone is 1. The van der Waals surface area contributed by atoms with Crippen LogP contribution in [0.4, 0.5) is 11.4 Å². The van der Waals surface area contributed by atoms with Gasteiger partial charge >= 0.3 is 0 Å². The van der Waals surface area contributed by atoms with Crippen molar-refractivity contribution in [2.45, 2.75) is 26.2 Å². The number of nitrogens with zero attached hydrogens (tertiary/aromatic N) is 4. The van der Waals surface area contributed by atoms with Crippen molar-refractivity contribution >= 4 is 11.4 Å². The molecule has 222 valence electrons. The molecule has 0 aliphatic carbocycles. The van der Waals surface area contributed by atoms with Gasteiger partial charge in [-0.05, 0) is 64.9 Å². The summed E-state index contributed by atoms with van der Waals surface area (Å²) in [6, 6.07) is 44.6. The Hall–Kier alpha value is -5.48. The molecule has 45 heavy (non-hydrogen) atoms. The second kappa shape index (κ2) is 13.4. The molecule has 0 unspecified atom stereocenters. The van der Waals surface area contributed by atoms with Crippen LogP contribution in [0.3, 0.4) is 0 Å². The molecule has 6 aromatic rings. The second-order valence-electron chi connectivity index (χ2n) is 11.4. The van der Waals surface area contributed by atoms with Gasteiger partial charge < -0.3 is 4.90 Å². The van der Waals surface area contributed by atoms with E-state index >= 15 is 0 Å². The van der Waals surface area contributed by atoms with Gasteiger partial charge in [0.15, 0.2) is 11.6 Å². The molecular weight excluding hydrogens is 548 g/mol. The molecule has 0 spiro atoms. The van der Waals surface area contributed by atoms with E-state index in [0.717, 1.165) is 40.6 Å². The van der Waals surface area contributed by atoms with E-state index in [2.05, 4.69) is 138 Å². The Morgan fingerprint density at radius 2 is 1.27 bits per heavy atom. The molecule has 0 amide bonds. The molecule has 0 fully saturated rings. The number of aromatic nitrogens is 3. The minimum atomic E-state index is 0.336. The normalized spacial score (nSPS) is 11.0. The fourth-order valence-electron chi connectivity index (χ4n) is 5.90. The molecule has 0 N–H and O–H groups in total. The Labute approximate surface area is 266 Å². The van der Waals surface area contributed by atoms with Gasteiger partial charge in [-0.3, -0.25) is 4.57 Å². The molecule has 6 rings (SSSR count). The first kappa shape index (κ1) is 29.6. The van der Waals surface area contributed by atoms with Gasteiger partial charge in [0.05, 0.1) is 0 Å². The minimum Gasteiger partial charge on any atom is -0.337 e. The quantitative estimate of drug-likeness (QED) is 0.142. The zero-order valence-corrected chi connectivity index (χ0v) is 26.0. The van der Waals surface area contributed by atoms with Crippen LogP contribution in [0, 0.1) is 0 Å². The van der Waals surface area contributed by atoms with Gasteiger partial charge in [0.25, 0.3) is 0 Å². The van der Waals surface area contributed by atoms with Crippen LogP contribution in [0.1, 0.15) is 30.9 Å². The number of benzene rings is 5. The minimum absolute atomic E-state index is 0.336. The van der Waals surface area contributed by atoms with Crippen molar-refractivity contribution in [1.29, 1.82) is 0 Å². The Kier molecular flexibility index (Phi) is 8.84. The van der Waals surface area contributed by atoms with Crippen molar-refractivity contribution in [2.75, 3.05) is 11.4 Å².